The molecule has 3 aliphatic rings. The number of hydrogen-bond acceptors (Lipinski definition) is 5. The minimum Gasteiger partial charge on any atom is -0.487 e. The van der Waals surface area contributed by atoms with E-state index in [4.69, 9.17) is 9.47 Å². The first kappa shape index (κ1) is 23.1. The molecule has 3 N–H and O–H groups in total. The van der Waals surface area contributed by atoms with Gasteiger partial charge in [0.15, 0.2) is 0 Å². The van der Waals surface area contributed by atoms with E-state index in [2.05, 4.69) is 20.9 Å². The van der Waals surface area contributed by atoms with E-state index < -0.39 is 23.3 Å². The molecule has 8 nitrogen and oxygen atoms in total. The van der Waals surface area contributed by atoms with Crippen molar-refractivity contribution in [1.82, 2.24) is 15.6 Å². The van der Waals surface area contributed by atoms with Gasteiger partial charge in [0, 0.05) is 36.7 Å². The largest absolute Gasteiger partial charge is 0.487 e. The molecule has 0 spiro atoms. The van der Waals surface area contributed by atoms with Crippen LogP contribution in [0.2, 0.25) is 0 Å². The summed E-state index contributed by atoms with van der Waals surface area (Å²) in [4.78, 5) is 28.6. The lowest BCUT2D eigenvalue weighted by Crippen LogP contribution is -2.43. The molecule has 1 fully saturated rings. The number of ether oxygens (including phenoxy) is 2. The summed E-state index contributed by atoms with van der Waals surface area (Å²) in [5.41, 5.74) is -0.0577. The summed E-state index contributed by atoms with van der Waals surface area (Å²) >= 11 is 0. The van der Waals surface area contributed by atoms with Crippen LogP contribution in [0.4, 0.5) is 23.8 Å². The van der Waals surface area contributed by atoms with Crippen LogP contribution in [0.25, 0.3) is 0 Å². The second-order valence-corrected chi connectivity index (χ2v) is 9.19. The Morgan fingerprint density at radius 3 is 2.86 bits per heavy atom. The smallest absolute Gasteiger partial charge is 0.416 e. The number of carbonyl (C=O) groups is 2. The zero-order valence-electron chi connectivity index (χ0n) is 19.3. The molecule has 2 aromatic carbocycles. The molecular weight excluding hydrogens is 489 g/mol. The summed E-state index contributed by atoms with van der Waals surface area (Å²) in [7, 11) is 0. The van der Waals surface area contributed by atoms with Crippen molar-refractivity contribution >= 4 is 17.8 Å². The van der Waals surface area contributed by atoms with E-state index in [0.29, 0.717) is 42.3 Å². The maximum Gasteiger partial charge on any atom is 0.416 e. The molecular formula is C26H21F3N4O4. The van der Waals surface area contributed by atoms with Crippen LogP contribution in [-0.2, 0) is 29.5 Å². The fourth-order valence-electron chi connectivity index (χ4n) is 4.89. The minimum absolute atomic E-state index is 0.0226. The van der Waals surface area contributed by atoms with Crippen LogP contribution in [0.1, 0.15) is 35.1 Å². The van der Waals surface area contributed by atoms with E-state index in [0.717, 1.165) is 17.2 Å². The highest BCUT2D eigenvalue weighted by molar-refractivity contribution is 5.93. The van der Waals surface area contributed by atoms with Crippen LogP contribution in [0.5, 0.6) is 17.2 Å². The molecule has 0 bridgehead atoms. The number of nitrogens with one attached hydrogen (secondary N) is 3. The van der Waals surface area contributed by atoms with Crippen LogP contribution in [0, 0.1) is 0 Å². The third-order valence-electron chi connectivity index (χ3n) is 6.80. The van der Waals surface area contributed by atoms with Gasteiger partial charge in [-0.3, -0.25) is 4.79 Å². The van der Waals surface area contributed by atoms with Gasteiger partial charge in [-0.2, -0.15) is 13.2 Å². The number of amides is 3. The average molecular weight is 510 g/mol. The van der Waals surface area contributed by atoms with Crippen molar-refractivity contribution in [2.45, 2.75) is 43.6 Å². The monoisotopic (exact) mass is 510 g/mol. The summed E-state index contributed by atoms with van der Waals surface area (Å²) in [6, 6.07) is 11.5. The number of carbonyl (C=O) groups excluding carboxylic acids is 2. The highest BCUT2D eigenvalue weighted by atomic mass is 19.4. The number of pyridine rings is 1. The molecule has 6 rings (SSSR count). The number of urea groups is 1. The van der Waals surface area contributed by atoms with Gasteiger partial charge in [-0.15, -0.1) is 0 Å². The van der Waals surface area contributed by atoms with Gasteiger partial charge < -0.3 is 25.4 Å². The Labute approximate surface area is 209 Å². The molecule has 0 radical (unpaired) electrons. The third kappa shape index (κ3) is 4.20. The van der Waals surface area contributed by atoms with Gasteiger partial charge in [0.25, 0.3) is 0 Å². The lowest BCUT2D eigenvalue weighted by molar-refractivity contribution is -0.138. The van der Waals surface area contributed by atoms with Crippen molar-refractivity contribution in [3.63, 3.8) is 0 Å². The zero-order valence-corrected chi connectivity index (χ0v) is 19.3. The molecule has 2 aliphatic heterocycles. The number of rotatable bonds is 5. The second-order valence-electron chi connectivity index (χ2n) is 9.19. The van der Waals surface area contributed by atoms with Crippen LogP contribution in [0.3, 0.4) is 0 Å². The average Bonchev–Trinajstić information content (AvgIpc) is 3.47. The van der Waals surface area contributed by atoms with Crippen molar-refractivity contribution in [2.24, 2.45) is 0 Å². The normalized spacial score (nSPS) is 21.1. The van der Waals surface area contributed by atoms with E-state index in [1.807, 2.05) is 0 Å². The van der Waals surface area contributed by atoms with E-state index in [1.165, 1.54) is 18.2 Å². The van der Waals surface area contributed by atoms with Gasteiger partial charge >= 0.3 is 12.2 Å². The number of anilines is 1. The summed E-state index contributed by atoms with van der Waals surface area (Å²) in [6.07, 6.45) is -1.85. The van der Waals surface area contributed by atoms with E-state index in [-0.39, 0.29) is 24.1 Å². The molecule has 190 valence electrons. The Morgan fingerprint density at radius 1 is 1.19 bits per heavy atom. The molecule has 1 aliphatic carbocycles. The lowest BCUT2D eigenvalue weighted by atomic mass is 10.0. The van der Waals surface area contributed by atoms with Gasteiger partial charge in [0.05, 0.1) is 5.56 Å². The molecule has 3 heterocycles. The van der Waals surface area contributed by atoms with Gasteiger partial charge in [0.1, 0.15) is 34.7 Å². The first-order valence-electron chi connectivity index (χ1n) is 11.7. The molecule has 3 aromatic rings. The Balaban J connectivity index is 1.18. The summed E-state index contributed by atoms with van der Waals surface area (Å²) in [6.45, 7) is -0.275. The lowest BCUT2D eigenvalue weighted by Gasteiger charge is -2.20. The molecule has 2 atom stereocenters. The quantitative estimate of drug-likeness (QED) is 0.465. The molecule has 37 heavy (non-hydrogen) atoms. The Bertz CT molecular complexity index is 1430. The van der Waals surface area contributed by atoms with Crippen molar-refractivity contribution in [1.29, 1.82) is 0 Å². The molecule has 11 heteroatoms. The van der Waals surface area contributed by atoms with Crippen LogP contribution >= 0.6 is 0 Å². The third-order valence-corrected chi connectivity index (χ3v) is 6.80. The molecule has 1 unspecified atom stereocenters. The molecule has 3 amide bonds. The van der Waals surface area contributed by atoms with Crippen molar-refractivity contribution in [3.05, 3.63) is 77.0 Å². The molecule has 1 saturated carbocycles. The summed E-state index contributed by atoms with van der Waals surface area (Å²) in [5, 5.41) is 8.16. The van der Waals surface area contributed by atoms with E-state index >= 15 is 0 Å². The molecule has 1 aromatic heterocycles. The topological polar surface area (TPSA) is 102 Å². The van der Waals surface area contributed by atoms with Crippen LogP contribution < -0.4 is 25.4 Å². The number of nitrogens with zero attached hydrogens (tertiary/aromatic N) is 1. The fourth-order valence-corrected chi connectivity index (χ4v) is 4.89. The number of alkyl halides is 3. The van der Waals surface area contributed by atoms with Gasteiger partial charge in [-0.25, -0.2) is 9.78 Å². The Kier molecular flexibility index (Phi) is 5.25. The highest BCUT2D eigenvalue weighted by Crippen LogP contribution is 2.58. The van der Waals surface area contributed by atoms with Gasteiger partial charge in [0.2, 0.25) is 5.91 Å². The highest BCUT2D eigenvalue weighted by Gasteiger charge is 2.64. The zero-order chi connectivity index (χ0) is 25.8. The number of halogens is 3. The van der Waals surface area contributed by atoms with Crippen LogP contribution in [0.15, 0.2) is 54.7 Å². The van der Waals surface area contributed by atoms with Crippen molar-refractivity contribution in [2.75, 3.05) is 5.32 Å². The fraction of sp³-hybridized carbons (Fsp3) is 0.269. The Morgan fingerprint density at radius 2 is 2.03 bits per heavy atom. The maximum absolute atomic E-state index is 13.3. The number of fused-ring (bicyclic) bond motifs is 4. The van der Waals surface area contributed by atoms with Crippen molar-refractivity contribution in [3.8, 4) is 17.2 Å². The summed E-state index contributed by atoms with van der Waals surface area (Å²) in [5.74, 6) is 2.07. The van der Waals surface area contributed by atoms with E-state index in [1.54, 1.807) is 30.5 Å². The SMILES string of the molecule is O=C1CCc2c(Oc3ccc4c(c3)C3(NC(=O)NCc5ccccc5C(F)(F)F)C[C@@H]3O4)ccnc2N1. The van der Waals surface area contributed by atoms with E-state index in [9.17, 15) is 22.8 Å². The summed E-state index contributed by atoms with van der Waals surface area (Å²) < 4.78 is 51.8. The molecule has 0 saturated heterocycles. The standard InChI is InChI=1S/C26H21F3N4O4/c27-26(28,29)17-4-2-1-3-14(17)13-31-24(35)33-25-12-21(25)37-20-7-5-15(11-18(20)25)36-19-9-10-30-23-16(19)6-8-22(34)32-23/h1-5,7,9-11,21H,6,8,12-13H2,(H,30,32,34)(H2,31,33,35)/t21-,25?/m0/s1. The van der Waals surface area contributed by atoms with Crippen molar-refractivity contribution < 1.29 is 32.2 Å². The van der Waals surface area contributed by atoms with Crippen LogP contribution in [-0.4, -0.2) is 23.0 Å². The maximum atomic E-state index is 13.3. The first-order chi connectivity index (χ1) is 17.7. The predicted molar refractivity (Wildman–Crippen MR) is 125 cm³/mol. The number of hydrogen-bond donors (Lipinski definition) is 3. The minimum atomic E-state index is -4.51. The van der Waals surface area contributed by atoms with Gasteiger partial charge in [-0.1, -0.05) is 18.2 Å². The van der Waals surface area contributed by atoms with Gasteiger partial charge in [-0.05, 0) is 42.3 Å². The number of aromatic nitrogens is 1. The Hall–Kier alpha value is -4.28. The first-order valence-corrected chi connectivity index (χ1v) is 11.7. The predicted octanol–water partition coefficient (Wildman–Crippen LogP) is 4.64. The number of benzene rings is 2. The second kappa shape index (κ2) is 8.39.